The Morgan fingerprint density at radius 2 is 1.93 bits per heavy atom. The smallest absolute Gasteiger partial charge is 0.334 e. The van der Waals surface area contributed by atoms with Gasteiger partial charge >= 0.3 is 5.97 Å². The van der Waals surface area contributed by atoms with E-state index in [1.54, 1.807) is 0 Å². The van der Waals surface area contributed by atoms with Gasteiger partial charge in [0.25, 0.3) is 0 Å². The van der Waals surface area contributed by atoms with Crippen molar-refractivity contribution in [2.75, 3.05) is 13.2 Å². The number of aliphatic hydroxyl groups is 4. The fourth-order valence-electron chi connectivity index (χ4n) is 4.82. The summed E-state index contributed by atoms with van der Waals surface area (Å²) in [5.41, 5.74) is 2.51. The van der Waals surface area contributed by atoms with Gasteiger partial charge in [0.1, 0.15) is 30.5 Å². The highest BCUT2D eigenvalue weighted by atomic mass is 16.7. The highest BCUT2D eigenvalue weighted by Gasteiger charge is 2.51. The summed E-state index contributed by atoms with van der Waals surface area (Å²) in [5, 5.41) is 39.3. The summed E-state index contributed by atoms with van der Waals surface area (Å²) in [6.07, 6.45) is -4.76. The quantitative estimate of drug-likeness (QED) is 0.336. The molecule has 0 aromatic heterocycles. The highest BCUT2D eigenvalue weighted by Crippen LogP contribution is 2.47. The van der Waals surface area contributed by atoms with Crippen LogP contribution in [-0.4, -0.2) is 82.2 Å². The molecule has 2 fully saturated rings. The normalized spacial score (nSPS) is 41.4. The van der Waals surface area contributed by atoms with Crippen molar-refractivity contribution < 1.29 is 44.2 Å². The zero-order chi connectivity index (χ0) is 21.7. The number of aliphatic hydroxyl groups excluding tert-OH is 4. The maximum atomic E-state index is 12.7. The van der Waals surface area contributed by atoms with Crippen LogP contribution in [0.15, 0.2) is 34.9 Å². The molecule has 9 heteroatoms. The third-order valence-corrected chi connectivity index (χ3v) is 6.52. The van der Waals surface area contributed by atoms with Crippen LogP contribution in [0.3, 0.4) is 0 Å². The highest BCUT2D eigenvalue weighted by molar-refractivity contribution is 6.09. The molecule has 4 aliphatic rings. The Bertz CT molecular complexity index is 826. The second kappa shape index (κ2) is 7.99. The average Bonchev–Trinajstić information content (AvgIpc) is 3.14. The second-order valence-electron chi connectivity index (χ2n) is 8.30. The van der Waals surface area contributed by atoms with Gasteiger partial charge in [0.05, 0.1) is 13.2 Å². The number of carbonyl (C=O) groups excluding carboxylic acids is 2. The van der Waals surface area contributed by atoms with E-state index in [0.717, 1.165) is 5.57 Å². The van der Waals surface area contributed by atoms with E-state index in [1.165, 1.54) is 6.08 Å². The fourth-order valence-corrected chi connectivity index (χ4v) is 4.82. The van der Waals surface area contributed by atoms with Crippen LogP contribution in [0.4, 0.5) is 0 Å². The van der Waals surface area contributed by atoms with Crippen LogP contribution in [0.2, 0.25) is 0 Å². The first-order valence-corrected chi connectivity index (χ1v) is 10.0. The number of allylic oxidation sites excluding steroid dienone is 2. The lowest BCUT2D eigenvalue weighted by Gasteiger charge is -2.39. The van der Waals surface area contributed by atoms with Gasteiger partial charge in [-0.2, -0.15) is 0 Å². The summed E-state index contributed by atoms with van der Waals surface area (Å²) in [5.74, 6) is -1.30. The lowest BCUT2D eigenvalue weighted by Crippen LogP contribution is -2.59. The molecule has 4 N–H and O–H groups in total. The molecule has 2 saturated heterocycles. The number of esters is 1. The second-order valence-corrected chi connectivity index (χ2v) is 8.30. The van der Waals surface area contributed by atoms with Crippen LogP contribution in [0.5, 0.6) is 0 Å². The predicted octanol–water partition coefficient (Wildman–Crippen LogP) is -0.864. The van der Waals surface area contributed by atoms with Gasteiger partial charge < -0.3 is 34.6 Å². The molecule has 164 valence electrons. The monoisotopic (exact) mass is 422 g/mol. The van der Waals surface area contributed by atoms with E-state index in [2.05, 4.69) is 6.58 Å². The van der Waals surface area contributed by atoms with Gasteiger partial charge in [0.2, 0.25) is 0 Å². The van der Waals surface area contributed by atoms with Gasteiger partial charge in [-0.3, -0.25) is 4.79 Å². The summed E-state index contributed by atoms with van der Waals surface area (Å²) in [4.78, 5) is 24.8. The lowest BCUT2D eigenvalue weighted by atomic mass is 9.83. The Balaban J connectivity index is 1.55. The molecule has 0 aromatic rings. The van der Waals surface area contributed by atoms with Crippen molar-refractivity contribution in [1.82, 2.24) is 0 Å². The standard InChI is InChI=1S/C21H26O9/c1-8-3-4-11-9(2)20(27)30-19(11)15-10(5-12(23)14(8)15)7-28-21-18(26)17(25)16(24)13(6-22)29-21/h5,11,13,15-19,21-22,24-26H,2-4,6-7H2,1H3. The predicted molar refractivity (Wildman–Crippen MR) is 101 cm³/mol. The Hall–Kier alpha value is -1.88. The third-order valence-electron chi connectivity index (χ3n) is 6.52. The maximum absolute atomic E-state index is 12.7. The molecule has 0 aromatic carbocycles. The molecule has 0 saturated carbocycles. The van der Waals surface area contributed by atoms with E-state index in [4.69, 9.17) is 14.2 Å². The number of fused-ring (bicyclic) bond motifs is 3. The minimum Gasteiger partial charge on any atom is -0.457 e. The van der Waals surface area contributed by atoms with Crippen molar-refractivity contribution in [3.8, 4) is 0 Å². The van der Waals surface area contributed by atoms with Crippen LogP contribution >= 0.6 is 0 Å². The van der Waals surface area contributed by atoms with Crippen molar-refractivity contribution in [3.63, 3.8) is 0 Å². The van der Waals surface area contributed by atoms with Crippen molar-refractivity contribution in [1.29, 1.82) is 0 Å². The Labute approximate surface area is 173 Å². The van der Waals surface area contributed by atoms with Crippen molar-refractivity contribution in [2.45, 2.75) is 56.6 Å². The molecule has 2 heterocycles. The molecule has 0 amide bonds. The first-order valence-electron chi connectivity index (χ1n) is 10.0. The van der Waals surface area contributed by atoms with Crippen molar-refractivity contribution >= 4 is 11.8 Å². The van der Waals surface area contributed by atoms with Gasteiger partial charge in [-0.1, -0.05) is 12.2 Å². The van der Waals surface area contributed by atoms with Crippen LogP contribution in [0.1, 0.15) is 19.8 Å². The molecule has 9 nitrogen and oxygen atoms in total. The van der Waals surface area contributed by atoms with E-state index < -0.39 is 55.3 Å². The Morgan fingerprint density at radius 1 is 1.20 bits per heavy atom. The molecule has 0 radical (unpaired) electrons. The van der Waals surface area contributed by atoms with E-state index in [1.807, 2.05) is 6.92 Å². The minimum absolute atomic E-state index is 0.122. The summed E-state index contributed by atoms with van der Waals surface area (Å²) < 4.78 is 16.6. The Kier molecular flexibility index (Phi) is 5.69. The van der Waals surface area contributed by atoms with Crippen molar-refractivity contribution in [3.05, 3.63) is 34.9 Å². The van der Waals surface area contributed by atoms with Gasteiger partial charge in [-0.15, -0.1) is 0 Å². The number of hydrogen-bond acceptors (Lipinski definition) is 9. The molecular formula is C21H26O9. The molecule has 2 aliphatic carbocycles. The summed E-state index contributed by atoms with van der Waals surface area (Å²) in [7, 11) is 0. The largest absolute Gasteiger partial charge is 0.457 e. The van der Waals surface area contributed by atoms with E-state index >= 15 is 0 Å². The minimum atomic E-state index is -1.56. The molecule has 0 spiro atoms. The van der Waals surface area contributed by atoms with E-state index in [9.17, 15) is 30.0 Å². The number of carbonyl (C=O) groups is 2. The molecule has 4 rings (SSSR count). The van der Waals surface area contributed by atoms with Crippen molar-refractivity contribution in [2.24, 2.45) is 11.8 Å². The topological polar surface area (TPSA) is 143 Å². The summed E-state index contributed by atoms with van der Waals surface area (Å²) >= 11 is 0. The Morgan fingerprint density at radius 3 is 2.63 bits per heavy atom. The lowest BCUT2D eigenvalue weighted by molar-refractivity contribution is -0.299. The molecule has 2 aliphatic heterocycles. The summed E-state index contributed by atoms with van der Waals surface area (Å²) in [6.45, 7) is 5.05. The van der Waals surface area contributed by atoms with Gasteiger partial charge in [-0.05, 0) is 31.4 Å². The zero-order valence-electron chi connectivity index (χ0n) is 16.6. The third kappa shape index (κ3) is 3.35. The van der Waals surface area contributed by atoms with Crippen LogP contribution < -0.4 is 0 Å². The SMILES string of the molecule is C=C1C(=O)OC2C1CCC(C)=C1C(=O)C=C(COC3OC(CO)C(O)C(O)C3O)C12. The maximum Gasteiger partial charge on any atom is 0.334 e. The van der Waals surface area contributed by atoms with Crippen LogP contribution in [0, 0.1) is 11.8 Å². The van der Waals surface area contributed by atoms with E-state index in [0.29, 0.717) is 29.6 Å². The van der Waals surface area contributed by atoms with Gasteiger partial charge in [0.15, 0.2) is 12.1 Å². The first kappa shape index (κ1) is 21.4. The molecule has 30 heavy (non-hydrogen) atoms. The fraction of sp³-hybridized carbons (Fsp3) is 0.619. The van der Waals surface area contributed by atoms with Crippen LogP contribution in [0.25, 0.3) is 0 Å². The average molecular weight is 422 g/mol. The van der Waals surface area contributed by atoms with Gasteiger partial charge in [0, 0.05) is 23.0 Å². The molecule has 8 unspecified atom stereocenters. The molecule has 0 bridgehead atoms. The number of ether oxygens (including phenoxy) is 3. The van der Waals surface area contributed by atoms with E-state index in [-0.39, 0.29) is 18.3 Å². The molecular weight excluding hydrogens is 396 g/mol. The number of rotatable bonds is 4. The van der Waals surface area contributed by atoms with Crippen LogP contribution in [-0.2, 0) is 23.8 Å². The zero-order valence-corrected chi connectivity index (χ0v) is 16.6. The number of ketones is 1. The molecule has 8 atom stereocenters. The number of hydrogen-bond donors (Lipinski definition) is 4. The summed E-state index contributed by atoms with van der Waals surface area (Å²) in [6, 6.07) is 0. The van der Waals surface area contributed by atoms with Gasteiger partial charge in [-0.25, -0.2) is 4.79 Å². The first-order chi connectivity index (χ1) is 14.2.